The Bertz CT molecular complexity index is 498. The Balaban J connectivity index is 1.94. The Kier molecular flexibility index (Phi) is 3.68. The molecule has 0 fully saturated rings. The first-order valence-corrected chi connectivity index (χ1v) is 6.18. The van der Waals surface area contributed by atoms with E-state index < -0.39 is 0 Å². The molecule has 0 aliphatic carbocycles. The summed E-state index contributed by atoms with van der Waals surface area (Å²) in [5.74, 6) is 0.702. The molecule has 2 aromatic rings. The quantitative estimate of drug-likeness (QED) is 0.897. The number of rotatable bonds is 4. The molecule has 0 spiro atoms. The van der Waals surface area contributed by atoms with Gasteiger partial charge in [0.05, 0.1) is 0 Å². The summed E-state index contributed by atoms with van der Waals surface area (Å²) in [5, 5.41) is 21.7. The maximum atomic E-state index is 8.61. The monoisotopic (exact) mass is 244 g/mol. The molecule has 0 aromatic carbocycles. The van der Waals surface area contributed by atoms with Gasteiger partial charge in [-0.05, 0) is 30.5 Å². The summed E-state index contributed by atoms with van der Waals surface area (Å²) in [6.07, 6.45) is 0.958. The van der Waals surface area contributed by atoms with E-state index in [9.17, 15) is 0 Å². The molecular formula is C12H12N4S. The van der Waals surface area contributed by atoms with Gasteiger partial charge in [-0.15, -0.1) is 21.5 Å². The Hall–Kier alpha value is -1.93. The molecule has 0 aliphatic rings. The fraction of sp³-hybridized carbons (Fsp3) is 0.250. The molecule has 0 saturated heterocycles. The van der Waals surface area contributed by atoms with Crippen molar-refractivity contribution in [2.75, 3.05) is 5.32 Å². The molecule has 4 nitrogen and oxygen atoms in total. The van der Waals surface area contributed by atoms with Crippen molar-refractivity contribution in [1.82, 2.24) is 10.2 Å². The summed E-state index contributed by atoms with van der Waals surface area (Å²) in [6.45, 7) is 2.10. The lowest BCUT2D eigenvalue weighted by Crippen LogP contribution is -2.18. The van der Waals surface area contributed by atoms with Crippen molar-refractivity contribution < 1.29 is 0 Å². The molecule has 2 rings (SSSR count). The summed E-state index contributed by atoms with van der Waals surface area (Å²) in [6, 6.07) is 9.83. The van der Waals surface area contributed by atoms with E-state index in [-0.39, 0.29) is 6.04 Å². The molecule has 0 aliphatic heterocycles. The van der Waals surface area contributed by atoms with E-state index in [0.717, 1.165) is 6.42 Å². The van der Waals surface area contributed by atoms with Crippen LogP contribution in [0.1, 0.15) is 17.5 Å². The molecule has 1 N–H and O–H groups in total. The first-order valence-electron chi connectivity index (χ1n) is 5.30. The van der Waals surface area contributed by atoms with Gasteiger partial charge in [0.25, 0.3) is 0 Å². The molecule has 1 unspecified atom stereocenters. The summed E-state index contributed by atoms with van der Waals surface area (Å²) >= 11 is 1.75. The van der Waals surface area contributed by atoms with Gasteiger partial charge >= 0.3 is 0 Å². The molecule has 86 valence electrons. The van der Waals surface area contributed by atoms with Crippen LogP contribution in [0.5, 0.6) is 0 Å². The fourth-order valence-electron chi connectivity index (χ4n) is 1.50. The zero-order chi connectivity index (χ0) is 12.1. The largest absolute Gasteiger partial charge is 0.366 e. The van der Waals surface area contributed by atoms with Gasteiger partial charge < -0.3 is 5.32 Å². The van der Waals surface area contributed by atoms with Gasteiger partial charge in [-0.1, -0.05) is 6.07 Å². The van der Waals surface area contributed by atoms with Crippen LogP contribution in [0.15, 0.2) is 29.6 Å². The normalized spacial score (nSPS) is 11.8. The zero-order valence-corrected chi connectivity index (χ0v) is 10.2. The number of hydrogen-bond acceptors (Lipinski definition) is 5. The van der Waals surface area contributed by atoms with Crippen LogP contribution in [0.25, 0.3) is 0 Å². The molecule has 17 heavy (non-hydrogen) atoms. The minimum atomic E-state index is 0.288. The van der Waals surface area contributed by atoms with E-state index >= 15 is 0 Å². The maximum Gasteiger partial charge on any atom is 0.163 e. The predicted octanol–water partition coefficient (Wildman–Crippen LogP) is 2.45. The first-order chi connectivity index (χ1) is 8.28. The van der Waals surface area contributed by atoms with Crippen LogP contribution in [0.3, 0.4) is 0 Å². The standard InChI is InChI=1S/C12H12N4S/c1-9(7-11-3-2-6-17-11)14-12-5-4-10(8-13)15-16-12/h2-6,9H,7H2,1H3,(H,14,16). The molecule has 0 bridgehead atoms. The molecule has 0 radical (unpaired) electrons. The lowest BCUT2D eigenvalue weighted by Gasteiger charge is -2.12. The van der Waals surface area contributed by atoms with Crippen molar-refractivity contribution in [2.45, 2.75) is 19.4 Å². The van der Waals surface area contributed by atoms with Crippen LogP contribution < -0.4 is 5.32 Å². The predicted molar refractivity (Wildman–Crippen MR) is 67.9 cm³/mol. The number of thiophene rings is 1. The molecule has 2 aromatic heterocycles. The van der Waals surface area contributed by atoms with Crippen LogP contribution in [-0.2, 0) is 6.42 Å². The second kappa shape index (κ2) is 5.41. The molecule has 5 heteroatoms. The van der Waals surface area contributed by atoms with E-state index in [4.69, 9.17) is 5.26 Å². The summed E-state index contributed by atoms with van der Waals surface area (Å²) in [5.41, 5.74) is 0.335. The second-order valence-electron chi connectivity index (χ2n) is 3.74. The number of anilines is 1. The highest BCUT2D eigenvalue weighted by Crippen LogP contribution is 2.13. The van der Waals surface area contributed by atoms with Gasteiger partial charge in [-0.2, -0.15) is 5.26 Å². The summed E-state index contributed by atoms with van der Waals surface area (Å²) in [4.78, 5) is 1.34. The van der Waals surface area contributed by atoms with E-state index in [2.05, 4.69) is 33.9 Å². The van der Waals surface area contributed by atoms with Gasteiger partial charge in [0, 0.05) is 17.3 Å². The third-order valence-electron chi connectivity index (χ3n) is 2.26. The average Bonchev–Trinajstić information content (AvgIpc) is 2.82. The van der Waals surface area contributed by atoms with Gasteiger partial charge in [-0.25, -0.2) is 0 Å². The lowest BCUT2D eigenvalue weighted by atomic mass is 10.2. The number of nitrogens with one attached hydrogen (secondary N) is 1. The average molecular weight is 244 g/mol. The van der Waals surface area contributed by atoms with E-state index in [1.807, 2.05) is 12.1 Å². The van der Waals surface area contributed by atoms with Crippen LogP contribution >= 0.6 is 11.3 Å². The highest BCUT2D eigenvalue weighted by molar-refractivity contribution is 7.09. The fourth-order valence-corrected chi connectivity index (χ4v) is 2.34. The van der Waals surface area contributed by atoms with Crippen molar-refractivity contribution in [3.63, 3.8) is 0 Å². The minimum Gasteiger partial charge on any atom is -0.366 e. The zero-order valence-electron chi connectivity index (χ0n) is 9.42. The second-order valence-corrected chi connectivity index (χ2v) is 4.78. The lowest BCUT2D eigenvalue weighted by molar-refractivity contribution is 0.787. The van der Waals surface area contributed by atoms with Crippen molar-refractivity contribution in [3.8, 4) is 6.07 Å². The van der Waals surface area contributed by atoms with Crippen molar-refractivity contribution in [3.05, 3.63) is 40.2 Å². The minimum absolute atomic E-state index is 0.288. The number of nitrogens with zero attached hydrogens (tertiary/aromatic N) is 3. The Morgan fingerprint density at radius 2 is 2.29 bits per heavy atom. The molecule has 0 saturated carbocycles. The first kappa shape index (κ1) is 11.6. The van der Waals surface area contributed by atoms with E-state index in [0.29, 0.717) is 11.5 Å². The van der Waals surface area contributed by atoms with Crippen LogP contribution in [0, 0.1) is 11.3 Å². The Labute approximate surface area is 104 Å². The maximum absolute atomic E-state index is 8.61. The molecule has 2 heterocycles. The van der Waals surface area contributed by atoms with Gasteiger partial charge in [0.15, 0.2) is 5.69 Å². The molecule has 1 atom stereocenters. The van der Waals surface area contributed by atoms with Crippen molar-refractivity contribution in [1.29, 1.82) is 5.26 Å². The van der Waals surface area contributed by atoms with Gasteiger partial charge in [-0.3, -0.25) is 0 Å². The van der Waals surface area contributed by atoms with Gasteiger partial charge in [0.1, 0.15) is 11.9 Å². The SMILES string of the molecule is CC(Cc1cccs1)Nc1ccc(C#N)nn1. The van der Waals surface area contributed by atoms with Crippen molar-refractivity contribution in [2.24, 2.45) is 0 Å². The summed E-state index contributed by atoms with van der Waals surface area (Å²) < 4.78 is 0. The highest BCUT2D eigenvalue weighted by atomic mass is 32.1. The smallest absolute Gasteiger partial charge is 0.163 e. The van der Waals surface area contributed by atoms with Crippen LogP contribution in [-0.4, -0.2) is 16.2 Å². The van der Waals surface area contributed by atoms with E-state index in [1.165, 1.54) is 4.88 Å². The van der Waals surface area contributed by atoms with Gasteiger partial charge in [0.2, 0.25) is 0 Å². The number of aromatic nitrogens is 2. The van der Waals surface area contributed by atoms with Crippen LogP contribution in [0.2, 0.25) is 0 Å². The third-order valence-corrected chi connectivity index (χ3v) is 3.16. The molecular weight excluding hydrogens is 232 g/mol. The van der Waals surface area contributed by atoms with Crippen molar-refractivity contribution >= 4 is 17.2 Å². The third kappa shape index (κ3) is 3.26. The number of nitriles is 1. The van der Waals surface area contributed by atoms with Crippen LogP contribution in [0.4, 0.5) is 5.82 Å². The number of hydrogen-bond donors (Lipinski definition) is 1. The molecule has 0 amide bonds. The Morgan fingerprint density at radius 1 is 1.41 bits per heavy atom. The Morgan fingerprint density at radius 3 is 2.88 bits per heavy atom. The topological polar surface area (TPSA) is 61.6 Å². The highest BCUT2D eigenvalue weighted by Gasteiger charge is 2.05. The van der Waals surface area contributed by atoms with E-state index in [1.54, 1.807) is 23.5 Å². The summed E-state index contributed by atoms with van der Waals surface area (Å²) in [7, 11) is 0.